The molecule has 0 fully saturated rings. The van der Waals surface area contributed by atoms with Crippen LogP contribution in [0.5, 0.6) is 5.75 Å². The normalized spacial score (nSPS) is 10.7. The Hall–Kier alpha value is -1.50. The van der Waals surface area contributed by atoms with Gasteiger partial charge in [0.05, 0.1) is 0 Å². The second-order valence-corrected chi connectivity index (χ2v) is 3.63. The summed E-state index contributed by atoms with van der Waals surface area (Å²) in [6, 6.07) is 9.85. The predicted octanol–water partition coefficient (Wildman–Crippen LogP) is 3.42. The monoisotopic (exact) mass is 186 g/mol. The summed E-state index contributed by atoms with van der Waals surface area (Å²) in [7, 11) is 0. The average Bonchev–Trinajstić information content (AvgIpc) is 2.16. The summed E-state index contributed by atoms with van der Waals surface area (Å²) in [6.45, 7) is 4.22. The van der Waals surface area contributed by atoms with Gasteiger partial charge in [-0.05, 0) is 47.4 Å². The van der Waals surface area contributed by atoms with E-state index in [1.54, 1.807) is 0 Å². The number of phenols is 1. The van der Waals surface area contributed by atoms with Crippen LogP contribution in [0.4, 0.5) is 0 Å². The SMILES string of the molecule is CCc1cc(O)cc2cccc(C)c12. The van der Waals surface area contributed by atoms with E-state index in [1.165, 1.54) is 16.5 Å². The fourth-order valence-electron chi connectivity index (χ4n) is 1.98. The van der Waals surface area contributed by atoms with E-state index in [2.05, 4.69) is 19.9 Å². The maximum absolute atomic E-state index is 9.53. The van der Waals surface area contributed by atoms with Gasteiger partial charge in [-0.15, -0.1) is 0 Å². The molecule has 1 heteroatoms. The summed E-state index contributed by atoms with van der Waals surface area (Å²) >= 11 is 0. The van der Waals surface area contributed by atoms with Crippen molar-refractivity contribution in [2.45, 2.75) is 20.3 Å². The lowest BCUT2D eigenvalue weighted by Crippen LogP contribution is -1.86. The van der Waals surface area contributed by atoms with E-state index >= 15 is 0 Å². The number of aromatic hydroxyl groups is 1. The first-order chi connectivity index (χ1) is 6.72. The molecule has 0 unspecified atom stereocenters. The lowest BCUT2D eigenvalue weighted by Gasteiger charge is -2.08. The number of rotatable bonds is 1. The zero-order valence-corrected chi connectivity index (χ0v) is 8.54. The first-order valence-electron chi connectivity index (χ1n) is 4.93. The highest BCUT2D eigenvalue weighted by molar-refractivity contribution is 5.89. The molecule has 72 valence electrons. The van der Waals surface area contributed by atoms with E-state index in [-0.39, 0.29) is 0 Å². The molecule has 1 nitrogen and oxygen atoms in total. The molecule has 2 aromatic rings. The van der Waals surface area contributed by atoms with Crippen molar-refractivity contribution in [3.05, 3.63) is 41.5 Å². The number of hydrogen-bond acceptors (Lipinski definition) is 1. The predicted molar refractivity (Wildman–Crippen MR) is 59.7 cm³/mol. The molecule has 0 aliphatic heterocycles. The van der Waals surface area contributed by atoms with E-state index in [4.69, 9.17) is 0 Å². The number of phenolic OH excluding ortho intramolecular Hbond substituents is 1. The van der Waals surface area contributed by atoms with Gasteiger partial charge in [0.1, 0.15) is 5.75 Å². The lowest BCUT2D eigenvalue weighted by atomic mass is 9.98. The molecule has 0 radical (unpaired) electrons. The number of benzene rings is 2. The van der Waals surface area contributed by atoms with Crippen LogP contribution >= 0.6 is 0 Å². The molecule has 0 amide bonds. The largest absolute Gasteiger partial charge is 0.508 e. The summed E-state index contributed by atoms with van der Waals surface area (Å²) in [6.07, 6.45) is 0.954. The van der Waals surface area contributed by atoms with Gasteiger partial charge in [0.15, 0.2) is 0 Å². The molecule has 0 saturated heterocycles. The highest BCUT2D eigenvalue weighted by Gasteiger charge is 2.03. The average molecular weight is 186 g/mol. The van der Waals surface area contributed by atoms with Crippen molar-refractivity contribution in [2.24, 2.45) is 0 Å². The third-order valence-electron chi connectivity index (χ3n) is 2.63. The van der Waals surface area contributed by atoms with E-state index in [0.717, 1.165) is 11.8 Å². The van der Waals surface area contributed by atoms with Crippen molar-refractivity contribution >= 4 is 10.8 Å². The second-order valence-electron chi connectivity index (χ2n) is 3.63. The number of fused-ring (bicyclic) bond motifs is 1. The zero-order chi connectivity index (χ0) is 10.1. The summed E-state index contributed by atoms with van der Waals surface area (Å²) in [5.41, 5.74) is 2.50. The zero-order valence-electron chi connectivity index (χ0n) is 8.54. The molecular weight excluding hydrogens is 172 g/mol. The Bertz CT molecular complexity index is 472. The second kappa shape index (κ2) is 3.33. The molecule has 0 heterocycles. The Balaban J connectivity index is 2.88. The van der Waals surface area contributed by atoms with Gasteiger partial charge in [0, 0.05) is 0 Å². The van der Waals surface area contributed by atoms with Gasteiger partial charge in [-0.3, -0.25) is 0 Å². The van der Waals surface area contributed by atoms with Crippen molar-refractivity contribution in [2.75, 3.05) is 0 Å². The summed E-state index contributed by atoms with van der Waals surface area (Å²) in [5, 5.41) is 11.9. The molecule has 0 bridgehead atoms. The standard InChI is InChI=1S/C13H14O/c1-3-10-7-12(14)8-11-6-4-5-9(2)13(10)11/h4-8,14H,3H2,1-2H3. The smallest absolute Gasteiger partial charge is 0.116 e. The van der Waals surface area contributed by atoms with Gasteiger partial charge in [0.25, 0.3) is 0 Å². The summed E-state index contributed by atoms with van der Waals surface area (Å²) in [5.74, 6) is 0.361. The Morgan fingerprint density at radius 2 is 2.00 bits per heavy atom. The molecule has 14 heavy (non-hydrogen) atoms. The summed E-state index contributed by atoms with van der Waals surface area (Å²) in [4.78, 5) is 0. The van der Waals surface area contributed by atoms with Crippen LogP contribution in [0, 0.1) is 6.92 Å². The lowest BCUT2D eigenvalue weighted by molar-refractivity contribution is 0.475. The molecule has 0 aliphatic carbocycles. The van der Waals surface area contributed by atoms with E-state index in [9.17, 15) is 5.11 Å². The topological polar surface area (TPSA) is 20.2 Å². The van der Waals surface area contributed by atoms with Crippen molar-refractivity contribution < 1.29 is 5.11 Å². The minimum Gasteiger partial charge on any atom is -0.508 e. The third-order valence-corrected chi connectivity index (χ3v) is 2.63. The van der Waals surface area contributed by atoms with Crippen LogP contribution in [-0.2, 0) is 6.42 Å². The molecule has 2 aromatic carbocycles. The van der Waals surface area contributed by atoms with Crippen molar-refractivity contribution in [3.8, 4) is 5.75 Å². The van der Waals surface area contributed by atoms with Gasteiger partial charge < -0.3 is 5.11 Å². The van der Waals surface area contributed by atoms with E-state index < -0.39 is 0 Å². The molecule has 0 aliphatic rings. The highest BCUT2D eigenvalue weighted by Crippen LogP contribution is 2.27. The quantitative estimate of drug-likeness (QED) is 0.723. The van der Waals surface area contributed by atoms with Crippen LogP contribution in [0.3, 0.4) is 0 Å². The van der Waals surface area contributed by atoms with E-state index in [0.29, 0.717) is 5.75 Å². The molecule has 0 spiro atoms. The van der Waals surface area contributed by atoms with Crippen molar-refractivity contribution in [1.82, 2.24) is 0 Å². The van der Waals surface area contributed by atoms with E-state index in [1.807, 2.05) is 24.3 Å². The van der Waals surface area contributed by atoms with Gasteiger partial charge in [-0.2, -0.15) is 0 Å². The highest BCUT2D eigenvalue weighted by atomic mass is 16.3. The Labute approximate surface area is 84.0 Å². The number of aryl methyl sites for hydroxylation is 2. The maximum Gasteiger partial charge on any atom is 0.116 e. The minimum atomic E-state index is 0.361. The van der Waals surface area contributed by atoms with Crippen LogP contribution in [0.15, 0.2) is 30.3 Å². The van der Waals surface area contributed by atoms with Crippen LogP contribution < -0.4 is 0 Å². The fourth-order valence-corrected chi connectivity index (χ4v) is 1.98. The molecule has 1 N–H and O–H groups in total. The third kappa shape index (κ3) is 1.35. The van der Waals surface area contributed by atoms with Gasteiger partial charge >= 0.3 is 0 Å². The first-order valence-corrected chi connectivity index (χ1v) is 4.93. The Morgan fingerprint density at radius 1 is 1.21 bits per heavy atom. The van der Waals surface area contributed by atoms with Gasteiger partial charge in [0.2, 0.25) is 0 Å². The van der Waals surface area contributed by atoms with Crippen LogP contribution in [0.25, 0.3) is 10.8 Å². The fraction of sp³-hybridized carbons (Fsp3) is 0.231. The van der Waals surface area contributed by atoms with Gasteiger partial charge in [-0.1, -0.05) is 25.1 Å². The van der Waals surface area contributed by atoms with Crippen LogP contribution in [0.2, 0.25) is 0 Å². The van der Waals surface area contributed by atoms with Crippen LogP contribution in [0.1, 0.15) is 18.1 Å². The summed E-state index contributed by atoms with van der Waals surface area (Å²) < 4.78 is 0. The molecular formula is C13H14O. The van der Waals surface area contributed by atoms with Crippen molar-refractivity contribution in [1.29, 1.82) is 0 Å². The van der Waals surface area contributed by atoms with Gasteiger partial charge in [-0.25, -0.2) is 0 Å². The molecule has 2 rings (SSSR count). The maximum atomic E-state index is 9.53. The first kappa shape index (κ1) is 9.07. The molecule has 0 saturated carbocycles. The molecule has 0 aromatic heterocycles. The minimum absolute atomic E-state index is 0.361. The Morgan fingerprint density at radius 3 is 2.71 bits per heavy atom. The van der Waals surface area contributed by atoms with Crippen LogP contribution in [-0.4, -0.2) is 5.11 Å². The van der Waals surface area contributed by atoms with Crippen molar-refractivity contribution in [3.63, 3.8) is 0 Å². The number of hydrogen-bond donors (Lipinski definition) is 1. The Kier molecular flexibility index (Phi) is 2.16. The molecule has 0 atom stereocenters.